The predicted octanol–water partition coefficient (Wildman–Crippen LogP) is 2.35. The number of hydrogen-bond donors (Lipinski definition) is 1. The lowest BCUT2D eigenvalue weighted by Crippen LogP contribution is -2.35. The van der Waals surface area contributed by atoms with Crippen LogP contribution < -0.4 is 0 Å². The van der Waals surface area contributed by atoms with Crippen LogP contribution in [0.4, 0.5) is 0 Å². The second-order valence-corrected chi connectivity index (χ2v) is 5.57. The summed E-state index contributed by atoms with van der Waals surface area (Å²) in [6.07, 6.45) is 8.54. The maximum atomic E-state index is 10.2. The molecule has 1 N–H and O–H groups in total. The molecule has 2 bridgehead atoms. The second kappa shape index (κ2) is 3.08. The van der Waals surface area contributed by atoms with Gasteiger partial charge in [0.05, 0.1) is 5.60 Å². The summed E-state index contributed by atoms with van der Waals surface area (Å²) in [7, 11) is 0. The summed E-state index contributed by atoms with van der Waals surface area (Å²) in [6, 6.07) is 0. The van der Waals surface area contributed by atoms with Crippen LogP contribution in [-0.4, -0.2) is 21.2 Å². The fourth-order valence-electron chi connectivity index (χ4n) is 2.40. The largest absolute Gasteiger partial charge is 0.386 e. The number of thioether (sulfide) groups is 1. The molecule has 3 atom stereocenters. The molecule has 2 heterocycles. The predicted molar refractivity (Wildman–Crippen MR) is 53.4 cm³/mol. The first-order chi connectivity index (χ1) is 5.72. The van der Waals surface area contributed by atoms with Gasteiger partial charge in [0.2, 0.25) is 0 Å². The Bertz CT molecular complexity index is 188. The highest BCUT2D eigenvalue weighted by Gasteiger charge is 2.41. The van der Waals surface area contributed by atoms with Gasteiger partial charge in [0.1, 0.15) is 0 Å². The zero-order chi connectivity index (χ0) is 8.60. The van der Waals surface area contributed by atoms with E-state index >= 15 is 0 Å². The second-order valence-electron chi connectivity index (χ2n) is 3.97. The molecule has 0 aliphatic carbocycles. The fourth-order valence-corrected chi connectivity index (χ4v) is 4.26. The number of hydrogen-bond acceptors (Lipinski definition) is 2. The highest BCUT2D eigenvalue weighted by Crippen LogP contribution is 2.47. The minimum atomic E-state index is -0.466. The lowest BCUT2D eigenvalue weighted by molar-refractivity contribution is 0.0734. The molecule has 1 unspecified atom stereocenters. The van der Waals surface area contributed by atoms with Crippen LogP contribution in [0.3, 0.4) is 0 Å². The molecule has 0 aromatic carbocycles. The molecule has 2 saturated heterocycles. The zero-order valence-corrected chi connectivity index (χ0v) is 8.31. The quantitative estimate of drug-likeness (QED) is 0.631. The van der Waals surface area contributed by atoms with Crippen LogP contribution in [0.1, 0.15) is 32.6 Å². The van der Waals surface area contributed by atoms with Gasteiger partial charge < -0.3 is 5.11 Å². The molecule has 2 rings (SSSR count). The molecule has 0 aromatic heterocycles. The Morgan fingerprint density at radius 2 is 1.92 bits per heavy atom. The minimum absolute atomic E-state index is 0.466. The van der Waals surface area contributed by atoms with Gasteiger partial charge in [0.15, 0.2) is 0 Å². The number of fused-ring (bicyclic) bond motifs is 2. The van der Waals surface area contributed by atoms with Crippen molar-refractivity contribution in [3.63, 3.8) is 0 Å². The van der Waals surface area contributed by atoms with Gasteiger partial charge in [-0.15, -0.1) is 0 Å². The highest BCUT2D eigenvalue weighted by atomic mass is 32.2. The molecular formula is C10H16OS. The van der Waals surface area contributed by atoms with Gasteiger partial charge in [-0.25, -0.2) is 0 Å². The average Bonchev–Trinajstić information content (AvgIpc) is 2.31. The van der Waals surface area contributed by atoms with E-state index in [1.807, 2.05) is 19.1 Å². The average molecular weight is 184 g/mol. The maximum absolute atomic E-state index is 10.2. The number of rotatable bonds is 1. The van der Waals surface area contributed by atoms with Crippen LogP contribution >= 0.6 is 11.8 Å². The third kappa shape index (κ3) is 1.55. The first kappa shape index (κ1) is 8.64. The monoisotopic (exact) mass is 184 g/mol. The van der Waals surface area contributed by atoms with E-state index in [0.29, 0.717) is 0 Å². The van der Waals surface area contributed by atoms with Gasteiger partial charge in [-0.3, -0.25) is 0 Å². The summed E-state index contributed by atoms with van der Waals surface area (Å²) in [5, 5.41) is 11.6. The Morgan fingerprint density at radius 1 is 1.33 bits per heavy atom. The van der Waals surface area contributed by atoms with Gasteiger partial charge in [0.25, 0.3) is 0 Å². The van der Waals surface area contributed by atoms with Gasteiger partial charge in [-0.2, -0.15) is 11.8 Å². The highest BCUT2D eigenvalue weighted by molar-refractivity contribution is 8.00. The van der Waals surface area contributed by atoms with Crippen LogP contribution in [0, 0.1) is 0 Å². The van der Waals surface area contributed by atoms with Crippen molar-refractivity contribution in [3.05, 3.63) is 12.2 Å². The third-order valence-electron chi connectivity index (χ3n) is 2.83. The van der Waals surface area contributed by atoms with Crippen molar-refractivity contribution in [1.29, 1.82) is 0 Å². The summed E-state index contributed by atoms with van der Waals surface area (Å²) < 4.78 is 0. The first-order valence-corrected chi connectivity index (χ1v) is 5.68. The van der Waals surface area contributed by atoms with Crippen molar-refractivity contribution in [2.75, 3.05) is 0 Å². The standard InChI is InChI=1S/C10H16OS/c1-2-5-10(11)6-8-3-4-9(7-10)12-8/h2,5,8-9,11H,3-4,6-7H2,1H3/b5-2+/t8-,9+,10?. The zero-order valence-electron chi connectivity index (χ0n) is 7.49. The van der Waals surface area contributed by atoms with Crippen molar-refractivity contribution >= 4 is 11.8 Å². The normalized spacial score (nSPS) is 47.2. The van der Waals surface area contributed by atoms with E-state index in [1.165, 1.54) is 12.8 Å². The fraction of sp³-hybridized carbons (Fsp3) is 0.800. The summed E-state index contributed by atoms with van der Waals surface area (Å²) in [5.41, 5.74) is -0.466. The topological polar surface area (TPSA) is 20.2 Å². The third-order valence-corrected chi connectivity index (χ3v) is 4.41. The lowest BCUT2D eigenvalue weighted by atomic mass is 9.93. The van der Waals surface area contributed by atoms with Gasteiger partial charge >= 0.3 is 0 Å². The van der Waals surface area contributed by atoms with Crippen LogP contribution in [-0.2, 0) is 0 Å². The van der Waals surface area contributed by atoms with Crippen molar-refractivity contribution < 1.29 is 5.11 Å². The van der Waals surface area contributed by atoms with Crippen molar-refractivity contribution in [1.82, 2.24) is 0 Å². The Hall–Kier alpha value is 0.0500. The molecule has 2 fully saturated rings. The van der Waals surface area contributed by atoms with Crippen LogP contribution in [0.5, 0.6) is 0 Å². The van der Waals surface area contributed by atoms with E-state index in [-0.39, 0.29) is 0 Å². The van der Waals surface area contributed by atoms with Crippen LogP contribution in [0.2, 0.25) is 0 Å². The molecule has 0 spiro atoms. The molecule has 12 heavy (non-hydrogen) atoms. The van der Waals surface area contributed by atoms with Gasteiger partial charge in [-0.1, -0.05) is 12.2 Å². The summed E-state index contributed by atoms with van der Waals surface area (Å²) in [6.45, 7) is 1.99. The lowest BCUT2D eigenvalue weighted by Gasteiger charge is -2.33. The van der Waals surface area contributed by atoms with E-state index in [0.717, 1.165) is 23.3 Å². The Morgan fingerprint density at radius 3 is 2.42 bits per heavy atom. The molecule has 2 aliphatic heterocycles. The molecular weight excluding hydrogens is 168 g/mol. The first-order valence-electron chi connectivity index (χ1n) is 4.73. The Labute approximate surface area is 78.2 Å². The summed E-state index contributed by atoms with van der Waals surface area (Å²) in [4.78, 5) is 0. The number of allylic oxidation sites excluding steroid dienone is 1. The van der Waals surface area contributed by atoms with Gasteiger partial charge in [0, 0.05) is 10.5 Å². The minimum Gasteiger partial charge on any atom is -0.386 e. The molecule has 2 heteroatoms. The Balaban J connectivity index is 2.10. The number of aliphatic hydroxyl groups is 1. The summed E-state index contributed by atoms with van der Waals surface area (Å²) in [5.74, 6) is 0. The van der Waals surface area contributed by atoms with Crippen LogP contribution in [0.25, 0.3) is 0 Å². The molecule has 68 valence electrons. The molecule has 0 radical (unpaired) electrons. The van der Waals surface area contributed by atoms with E-state index < -0.39 is 5.60 Å². The SMILES string of the molecule is C/C=C/C1(O)C[C@H]2CC[C@@H](C1)S2. The van der Waals surface area contributed by atoms with Crippen molar-refractivity contribution in [3.8, 4) is 0 Å². The molecule has 1 nitrogen and oxygen atoms in total. The van der Waals surface area contributed by atoms with E-state index in [1.54, 1.807) is 0 Å². The van der Waals surface area contributed by atoms with Gasteiger partial charge in [-0.05, 0) is 32.6 Å². The van der Waals surface area contributed by atoms with E-state index in [4.69, 9.17) is 0 Å². The Kier molecular flexibility index (Phi) is 2.21. The van der Waals surface area contributed by atoms with E-state index in [2.05, 4.69) is 11.8 Å². The molecule has 0 saturated carbocycles. The smallest absolute Gasteiger partial charge is 0.0848 e. The summed E-state index contributed by atoms with van der Waals surface area (Å²) >= 11 is 2.09. The molecule has 0 aromatic rings. The van der Waals surface area contributed by atoms with Crippen molar-refractivity contribution in [2.24, 2.45) is 0 Å². The van der Waals surface area contributed by atoms with E-state index in [9.17, 15) is 5.11 Å². The van der Waals surface area contributed by atoms with Crippen molar-refractivity contribution in [2.45, 2.75) is 48.7 Å². The molecule has 0 amide bonds. The maximum Gasteiger partial charge on any atom is 0.0848 e. The van der Waals surface area contributed by atoms with Crippen LogP contribution in [0.15, 0.2) is 12.2 Å². The molecule has 2 aliphatic rings.